The lowest BCUT2D eigenvalue weighted by Gasteiger charge is -2.42. The molecule has 1 N–H and O–H groups in total. The van der Waals surface area contributed by atoms with E-state index in [0.717, 1.165) is 37.2 Å². The van der Waals surface area contributed by atoms with Gasteiger partial charge in [-0.1, -0.05) is 12.1 Å². The van der Waals surface area contributed by atoms with Gasteiger partial charge in [-0.2, -0.15) is 5.10 Å². The van der Waals surface area contributed by atoms with E-state index in [1.807, 2.05) is 6.07 Å². The minimum Gasteiger partial charge on any atom is -0.326 e. The molecule has 1 amide bonds. The third-order valence-electron chi connectivity index (χ3n) is 5.35. The average Bonchev–Trinajstić information content (AvgIpc) is 2.99. The number of carbonyl (C=O) groups excluding carboxylic acids is 1. The SMILES string of the molecule is CC(=O)N1N=C2C3CC[NH+](CC3)[C@H]2[C@H]1c1cccc([N+](=O)[O-])c1. The van der Waals surface area contributed by atoms with E-state index in [4.69, 9.17) is 0 Å². The van der Waals surface area contributed by atoms with E-state index >= 15 is 0 Å². The largest absolute Gasteiger partial charge is 0.326 e. The highest BCUT2D eigenvalue weighted by atomic mass is 16.6. The number of hydrogen-bond acceptors (Lipinski definition) is 4. The highest BCUT2D eigenvalue weighted by Gasteiger charge is 2.54. The Morgan fingerprint density at radius 1 is 1.39 bits per heavy atom. The first-order valence-corrected chi connectivity index (χ1v) is 8.03. The number of nitrogens with zero attached hydrogens (tertiary/aromatic N) is 3. The van der Waals surface area contributed by atoms with Crippen molar-refractivity contribution < 1.29 is 14.6 Å². The number of benzene rings is 1. The van der Waals surface area contributed by atoms with Crippen molar-refractivity contribution in [3.05, 3.63) is 39.9 Å². The topological polar surface area (TPSA) is 80.2 Å². The summed E-state index contributed by atoms with van der Waals surface area (Å²) in [5.41, 5.74) is 1.98. The zero-order valence-electron chi connectivity index (χ0n) is 12.9. The monoisotopic (exact) mass is 315 g/mol. The molecule has 0 saturated carbocycles. The van der Waals surface area contributed by atoms with Crippen molar-refractivity contribution in [2.45, 2.75) is 31.8 Å². The first kappa shape index (κ1) is 14.3. The molecule has 3 fully saturated rings. The molecule has 0 aliphatic carbocycles. The summed E-state index contributed by atoms with van der Waals surface area (Å²) < 4.78 is 0. The molecule has 7 heteroatoms. The van der Waals surface area contributed by atoms with E-state index in [0.29, 0.717) is 5.92 Å². The fourth-order valence-electron chi connectivity index (χ4n) is 4.34. The number of quaternary nitrogens is 1. The van der Waals surface area contributed by atoms with E-state index in [1.54, 1.807) is 17.1 Å². The lowest BCUT2D eigenvalue weighted by Crippen LogP contribution is -3.20. The van der Waals surface area contributed by atoms with Crippen molar-refractivity contribution in [3.8, 4) is 0 Å². The van der Waals surface area contributed by atoms with E-state index in [1.165, 1.54) is 17.9 Å². The first-order valence-electron chi connectivity index (χ1n) is 8.03. The van der Waals surface area contributed by atoms with Crippen molar-refractivity contribution in [2.75, 3.05) is 13.1 Å². The number of fused-ring (bicyclic) bond motifs is 2. The molecule has 5 rings (SSSR count). The van der Waals surface area contributed by atoms with Gasteiger partial charge in [-0.05, 0) is 5.56 Å². The maximum atomic E-state index is 12.1. The van der Waals surface area contributed by atoms with Crippen LogP contribution < -0.4 is 4.90 Å². The van der Waals surface area contributed by atoms with Crippen LogP contribution in [-0.2, 0) is 4.79 Å². The van der Waals surface area contributed by atoms with Gasteiger partial charge in [0.15, 0.2) is 6.04 Å². The molecule has 0 radical (unpaired) electrons. The molecule has 0 spiro atoms. The Morgan fingerprint density at radius 2 is 2.13 bits per heavy atom. The summed E-state index contributed by atoms with van der Waals surface area (Å²) in [4.78, 5) is 24.2. The highest BCUT2D eigenvalue weighted by Crippen LogP contribution is 2.37. The van der Waals surface area contributed by atoms with Gasteiger partial charge in [0.1, 0.15) is 11.8 Å². The molecule has 0 aromatic heterocycles. The maximum Gasteiger partial charge on any atom is 0.269 e. The van der Waals surface area contributed by atoms with Gasteiger partial charge in [-0.25, -0.2) is 5.01 Å². The zero-order chi connectivity index (χ0) is 16.1. The molecule has 2 bridgehead atoms. The maximum absolute atomic E-state index is 12.1. The summed E-state index contributed by atoms with van der Waals surface area (Å²) in [6.45, 7) is 3.69. The second kappa shape index (κ2) is 5.13. The highest BCUT2D eigenvalue weighted by molar-refractivity contribution is 5.95. The summed E-state index contributed by atoms with van der Waals surface area (Å²) in [6, 6.07) is 6.55. The smallest absolute Gasteiger partial charge is 0.269 e. The predicted molar refractivity (Wildman–Crippen MR) is 83.0 cm³/mol. The van der Waals surface area contributed by atoms with Gasteiger partial charge in [0, 0.05) is 37.8 Å². The van der Waals surface area contributed by atoms with E-state index < -0.39 is 4.92 Å². The van der Waals surface area contributed by atoms with Crippen molar-refractivity contribution in [3.63, 3.8) is 0 Å². The van der Waals surface area contributed by atoms with Crippen LogP contribution in [0.5, 0.6) is 0 Å². The van der Waals surface area contributed by atoms with Gasteiger partial charge in [-0.3, -0.25) is 14.9 Å². The van der Waals surface area contributed by atoms with Gasteiger partial charge in [-0.15, -0.1) is 0 Å². The van der Waals surface area contributed by atoms with Gasteiger partial charge in [0.2, 0.25) is 5.91 Å². The summed E-state index contributed by atoms with van der Waals surface area (Å²) in [6.07, 6.45) is 2.25. The van der Waals surface area contributed by atoms with Crippen LogP contribution in [0.25, 0.3) is 0 Å². The van der Waals surface area contributed by atoms with E-state index in [-0.39, 0.29) is 23.7 Å². The molecule has 120 valence electrons. The van der Waals surface area contributed by atoms with Gasteiger partial charge < -0.3 is 4.90 Å². The second-order valence-corrected chi connectivity index (χ2v) is 6.60. The molecular formula is C16H19N4O3+. The van der Waals surface area contributed by atoms with Crippen LogP contribution in [0.15, 0.2) is 29.4 Å². The van der Waals surface area contributed by atoms with Crippen LogP contribution >= 0.6 is 0 Å². The number of carbonyl (C=O) groups is 1. The number of nitro benzene ring substituents is 1. The van der Waals surface area contributed by atoms with Gasteiger partial charge in [0.25, 0.3) is 5.69 Å². The van der Waals surface area contributed by atoms with Crippen molar-refractivity contribution >= 4 is 17.3 Å². The molecule has 1 aromatic carbocycles. The molecule has 0 unspecified atom stereocenters. The number of piperidine rings is 3. The molecular weight excluding hydrogens is 296 g/mol. The Bertz CT molecular complexity index is 709. The van der Waals surface area contributed by atoms with E-state index in [9.17, 15) is 14.9 Å². The Morgan fingerprint density at radius 3 is 2.78 bits per heavy atom. The van der Waals surface area contributed by atoms with Crippen LogP contribution in [-0.4, -0.2) is 40.7 Å². The molecule has 1 aromatic rings. The number of non-ortho nitro benzene ring substituents is 1. The van der Waals surface area contributed by atoms with Crippen LogP contribution in [0.1, 0.15) is 31.4 Å². The zero-order valence-corrected chi connectivity index (χ0v) is 12.9. The number of nitro groups is 1. The number of hydrazone groups is 1. The quantitative estimate of drug-likeness (QED) is 0.638. The normalized spacial score (nSPS) is 31.7. The summed E-state index contributed by atoms with van der Waals surface area (Å²) in [5, 5.41) is 17.3. The third kappa shape index (κ3) is 2.15. The molecule has 3 saturated heterocycles. The van der Waals surface area contributed by atoms with Crippen LogP contribution in [0.2, 0.25) is 0 Å². The van der Waals surface area contributed by atoms with Crippen LogP contribution in [0.4, 0.5) is 5.69 Å². The lowest BCUT2D eigenvalue weighted by atomic mass is 9.78. The Balaban J connectivity index is 1.78. The molecule has 4 aliphatic rings. The van der Waals surface area contributed by atoms with Crippen molar-refractivity contribution in [1.82, 2.24) is 5.01 Å². The minimum atomic E-state index is -0.390. The molecule has 7 nitrogen and oxygen atoms in total. The standard InChI is InChI=1S/C16H18N4O3/c1-10(21)19-15(12-3-2-4-13(9-12)20(22)23)16-14(17-19)11-5-7-18(16)8-6-11/h2-4,9,11,15-16H,5-8H2,1H3/p+1/t15-,16-/m1/s1. The molecule has 2 atom stereocenters. The fourth-order valence-corrected chi connectivity index (χ4v) is 4.34. The molecule has 4 aliphatic heterocycles. The van der Waals surface area contributed by atoms with Crippen LogP contribution in [0.3, 0.4) is 0 Å². The Hall–Kier alpha value is -2.28. The number of rotatable bonds is 2. The van der Waals surface area contributed by atoms with Gasteiger partial charge in [0.05, 0.1) is 18.0 Å². The first-order chi connectivity index (χ1) is 11.1. The number of amides is 1. The van der Waals surface area contributed by atoms with Crippen LogP contribution in [0, 0.1) is 16.0 Å². The minimum absolute atomic E-state index is 0.0606. The fraction of sp³-hybridized carbons (Fsp3) is 0.500. The predicted octanol–water partition coefficient (Wildman–Crippen LogP) is 0.531. The summed E-state index contributed by atoms with van der Waals surface area (Å²) >= 11 is 0. The summed E-state index contributed by atoms with van der Waals surface area (Å²) in [7, 11) is 0. The Labute approximate surface area is 133 Å². The van der Waals surface area contributed by atoms with Crippen molar-refractivity contribution in [2.24, 2.45) is 11.0 Å². The lowest BCUT2D eigenvalue weighted by molar-refractivity contribution is -0.927. The Kier molecular flexibility index (Phi) is 3.19. The van der Waals surface area contributed by atoms with Gasteiger partial charge >= 0.3 is 0 Å². The average molecular weight is 315 g/mol. The molecule has 4 heterocycles. The van der Waals surface area contributed by atoms with Crippen molar-refractivity contribution in [1.29, 1.82) is 0 Å². The molecule has 23 heavy (non-hydrogen) atoms. The number of hydrogen-bond donors (Lipinski definition) is 1. The summed E-state index contributed by atoms with van der Waals surface area (Å²) in [5.74, 6) is 0.353. The third-order valence-corrected chi connectivity index (χ3v) is 5.35. The van der Waals surface area contributed by atoms with E-state index in [2.05, 4.69) is 5.10 Å². The second-order valence-electron chi connectivity index (χ2n) is 6.60. The number of nitrogens with one attached hydrogen (secondary N) is 1.